The molecule has 1 aromatic heterocycles. The van der Waals surface area contributed by atoms with Crippen molar-refractivity contribution in [3.8, 4) is 0 Å². The largest absolute Gasteiger partial charge is 0.347 e. The Morgan fingerprint density at radius 1 is 1.00 bits per heavy atom. The third kappa shape index (κ3) is 4.43. The molecule has 2 aromatic carbocycles. The Morgan fingerprint density at radius 2 is 1.64 bits per heavy atom. The second kappa shape index (κ2) is 7.45. The maximum absolute atomic E-state index is 12.2. The van der Waals surface area contributed by atoms with Crippen LogP contribution in [0.15, 0.2) is 70.9 Å². The van der Waals surface area contributed by atoms with Crippen LogP contribution in [0.1, 0.15) is 16.1 Å². The van der Waals surface area contributed by atoms with E-state index in [9.17, 15) is 13.2 Å². The Balaban J connectivity index is 1.65. The number of hydrogen-bond donors (Lipinski definition) is 2. The van der Waals surface area contributed by atoms with Crippen LogP contribution in [0.3, 0.4) is 0 Å². The SMILES string of the molecule is O=C(NCc1ccccc1)c1csc(NS(=O)(=O)c2ccccc2)n1. The molecule has 0 fully saturated rings. The Morgan fingerprint density at radius 3 is 2.32 bits per heavy atom. The van der Waals surface area contributed by atoms with Crippen molar-refractivity contribution in [2.45, 2.75) is 11.4 Å². The second-order valence-corrected chi connectivity index (χ2v) is 7.67. The molecule has 25 heavy (non-hydrogen) atoms. The normalized spacial score (nSPS) is 11.0. The van der Waals surface area contributed by atoms with Crippen LogP contribution in [0.4, 0.5) is 5.13 Å². The van der Waals surface area contributed by atoms with Gasteiger partial charge in [-0.3, -0.25) is 9.52 Å². The summed E-state index contributed by atoms with van der Waals surface area (Å²) in [5, 5.41) is 4.42. The van der Waals surface area contributed by atoms with E-state index in [1.54, 1.807) is 18.2 Å². The molecule has 0 saturated heterocycles. The van der Waals surface area contributed by atoms with E-state index in [1.165, 1.54) is 17.5 Å². The summed E-state index contributed by atoms with van der Waals surface area (Å²) in [5.74, 6) is -0.356. The lowest BCUT2D eigenvalue weighted by atomic mass is 10.2. The maximum Gasteiger partial charge on any atom is 0.271 e. The van der Waals surface area contributed by atoms with E-state index < -0.39 is 10.0 Å². The zero-order valence-electron chi connectivity index (χ0n) is 13.0. The minimum Gasteiger partial charge on any atom is -0.347 e. The molecule has 0 atom stereocenters. The number of hydrogen-bond acceptors (Lipinski definition) is 5. The summed E-state index contributed by atoms with van der Waals surface area (Å²) in [6.07, 6.45) is 0. The van der Waals surface area contributed by atoms with E-state index in [-0.39, 0.29) is 21.6 Å². The summed E-state index contributed by atoms with van der Waals surface area (Å²) in [6.45, 7) is 0.377. The molecule has 0 spiro atoms. The number of nitrogens with zero attached hydrogens (tertiary/aromatic N) is 1. The van der Waals surface area contributed by atoms with Gasteiger partial charge in [0.25, 0.3) is 15.9 Å². The number of aromatic nitrogens is 1. The highest BCUT2D eigenvalue weighted by molar-refractivity contribution is 7.93. The Hall–Kier alpha value is -2.71. The summed E-state index contributed by atoms with van der Waals surface area (Å²) >= 11 is 1.06. The standard InChI is InChI=1S/C17H15N3O3S2/c21-16(18-11-13-7-3-1-4-8-13)15-12-24-17(19-15)20-25(22,23)14-9-5-2-6-10-14/h1-10,12H,11H2,(H,18,21)(H,19,20). The van der Waals surface area contributed by atoms with Crippen LogP contribution in [0.5, 0.6) is 0 Å². The van der Waals surface area contributed by atoms with Crippen LogP contribution in [0.25, 0.3) is 0 Å². The number of benzene rings is 2. The van der Waals surface area contributed by atoms with Crippen LogP contribution in [-0.4, -0.2) is 19.3 Å². The second-order valence-electron chi connectivity index (χ2n) is 5.12. The molecule has 0 aliphatic rings. The lowest BCUT2D eigenvalue weighted by Crippen LogP contribution is -2.23. The van der Waals surface area contributed by atoms with Crippen molar-refractivity contribution in [3.63, 3.8) is 0 Å². The van der Waals surface area contributed by atoms with Gasteiger partial charge < -0.3 is 5.32 Å². The summed E-state index contributed by atoms with van der Waals surface area (Å²) in [4.78, 5) is 16.3. The number of nitrogens with one attached hydrogen (secondary N) is 2. The van der Waals surface area contributed by atoms with Crippen molar-refractivity contribution < 1.29 is 13.2 Å². The number of rotatable bonds is 6. The average Bonchev–Trinajstić information content (AvgIpc) is 3.09. The molecule has 128 valence electrons. The predicted octanol–water partition coefficient (Wildman–Crippen LogP) is 2.87. The van der Waals surface area contributed by atoms with Gasteiger partial charge in [0.2, 0.25) is 0 Å². The molecule has 0 radical (unpaired) electrons. The Bertz CT molecular complexity index is 955. The molecule has 1 amide bonds. The molecule has 0 aliphatic carbocycles. The molecule has 8 heteroatoms. The third-order valence-electron chi connectivity index (χ3n) is 3.31. The summed E-state index contributed by atoms with van der Waals surface area (Å²) in [5.41, 5.74) is 1.14. The van der Waals surface area contributed by atoms with Crippen LogP contribution < -0.4 is 10.0 Å². The van der Waals surface area contributed by atoms with Crippen LogP contribution >= 0.6 is 11.3 Å². The molecule has 0 aliphatic heterocycles. The molecule has 3 aromatic rings. The van der Waals surface area contributed by atoms with E-state index in [1.807, 2.05) is 30.3 Å². The van der Waals surface area contributed by atoms with Crippen molar-refractivity contribution in [1.29, 1.82) is 0 Å². The number of carbonyl (C=O) groups excluding carboxylic acids is 1. The summed E-state index contributed by atoms with van der Waals surface area (Å²) in [7, 11) is -3.71. The highest BCUT2D eigenvalue weighted by Gasteiger charge is 2.17. The molecular formula is C17H15N3O3S2. The quantitative estimate of drug-likeness (QED) is 0.695. The number of amides is 1. The monoisotopic (exact) mass is 373 g/mol. The first-order valence-electron chi connectivity index (χ1n) is 7.40. The molecule has 0 bridgehead atoms. The topological polar surface area (TPSA) is 88.2 Å². The zero-order valence-corrected chi connectivity index (χ0v) is 14.7. The van der Waals surface area contributed by atoms with Gasteiger partial charge in [-0.2, -0.15) is 0 Å². The average molecular weight is 373 g/mol. The van der Waals surface area contributed by atoms with E-state index in [2.05, 4.69) is 15.0 Å². The summed E-state index contributed by atoms with van der Waals surface area (Å²) < 4.78 is 26.9. The fourth-order valence-corrected chi connectivity index (χ4v) is 4.03. The minimum atomic E-state index is -3.71. The first-order valence-corrected chi connectivity index (χ1v) is 9.76. The fourth-order valence-electron chi connectivity index (χ4n) is 2.07. The number of anilines is 1. The molecule has 6 nitrogen and oxygen atoms in total. The van der Waals surface area contributed by atoms with Crippen molar-refractivity contribution >= 4 is 32.4 Å². The van der Waals surface area contributed by atoms with Gasteiger partial charge in [-0.1, -0.05) is 48.5 Å². The number of sulfonamides is 1. The molecule has 1 heterocycles. The van der Waals surface area contributed by atoms with E-state index in [0.717, 1.165) is 16.9 Å². The highest BCUT2D eigenvalue weighted by atomic mass is 32.2. The molecule has 0 saturated carbocycles. The van der Waals surface area contributed by atoms with E-state index in [4.69, 9.17) is 0 Å². The molecule has 2 N–H and O–H groups in total. The van der Waals surface area contributed by atoms with Crippen LogP contribution in [0.2, 0.25) is 0 Å². The van der Waals surface area contributed by atoms with Crippen molar-refractivity contribution in [2.24, 2.45) is 0 Å². The minimum absolute atomic E-state index is 0.139. The first kappa shape index (κ1) is 17.1. The maximum atomic E-state index is 12.2. The number of thiazole rings is 1. The van der Waals surface area contributed by atoms with Gasteiger partial charge in [-0.15, -0.1) is 11.3 Å². The third-order valence-corrected chi connectivity index (χ3v) is 5.55. The Labute approximate surface area is 149 Å². The molecule has 0 unspecified atom stereocenters. The summed E-state index contributed by atoms with van der Waals surface area (Å²) in [6, 6.07) is 17.5. The van der Waals surface area contributed by atoms with Crippen LogP contribution in [0, 0.1) is 0 Å². The van der Waals surface area contributed by atoms with Gasteiger partial charge in [0.15, 0.2) is 5.13 Å². The van der Waals surface area contributed by atoms with Gasteiger partial charge in [-0.05, 0) is 17.7 Å². The van der Waals surface area contributed by atoms with Gasteiger partial charge in [0.05, 0.1) is 4.90 Å². The van der Waals surface area contributed by atoms with E-state index >= 15 is 0 Å². The zero-order chi connectivity index (χ0) is 17.7. The van der Waals surface area contributed by atoms with Gasteiger partial charge in [0.1, 0.15) is 5.69 Å². The van der Waals surface area contributed by atoms with Crippen LogP contribution in [-0.2, 0) is 16.6 Å². The van der Waals surface area contributed by atoms with E-state index in [0.29, 0.717) is 6.54 Å². The van der Waals surface area contributed by atoms with Gasteiger partial charge in [0, 0.05) is 11.9 Å². The molecule has 3 rings (SSSR count). The van der Waals surface area contributed by atoms with Crippen molar-refractivity contribution in [3.05, 3.63) is 77.3 Å². The lowest BCUT2D eigenvalue weighted by Gasteiger charge is -2.04. The number of carbonyl (C=O) groups is 1. The van der Waals surface area contributed by atoms with Gasteiger partial charge in [-0.25, -0.2) is 13.4 Å². The Kier molecular flexibility index (Phi) is 5.11. The fraction of sp³-hybridized carbons (Fsp3) is 0.0588. The van der Waals surface area contributed by atoms with Crippen molar-refractivity contribution in [1.82, 2.24) is 10.3 Å². The smallest absolute Gasteiger partial charge is 0.271 e. The lowest BCUT2D eigenvalue weighted by molar-refractivity contribution is 0.0946. The van der Waals surface area contributed by atoms with Gasteiger partial charge >= 0.3 is 0 Å². The molecular weight excluding hydrogens is 358 g/mol. The predicted molar refractivity (Wildman–Crippen MR) is 97.0 cm³/mol. The first-order chi connectivity index (χ1) is 12.0. The van der Waals surface area contributed by atoms with Crippen molar-refractivity contribution in [2.75, 3.05) is 4.72 Å². The highest BCUT2D eigenvalue weighted by Crippen LogP contribution is 2.20.